The van der Waals surface area contributed by atoms with Crippen LogP contribution in [0.2, 0.25) is 0 Å². The van der Waals surface area contributed by atoms with Gasteiger partial charge in [0.1, 0.15) is 70.2 Å². The molecule has 616 valence electrons. The summed E-state index contributed by atoms with van der Waals surface area (Å²) in [7, 11) is 0. The number of Topliss-reactive ketones (excluding diaryl/α,β-unsaturated/α-hetero) is 2. The molecule has 0 unspecified atom stereocenters. The van der Waals surface area contributed by atoms with Gasteiger partial charge in [0, 0.05) is 90.0 Å². The van der Waals surface area contributed by atoms with E-state index in [0.29, 0.717) is 0 Å². The van der Waals surface area contributed by atoms with Gasteiger partial charge in [-0.3, -0.25) is 67.5 Å². The minimum Gasteiger partial charge on any atom is -0.462 e. The number of esters is 12. The van der Waals surface area contributed by atoms with Crippen LogP contribution in [-0.2, 0) is 124 Å². The van der Waals surface area contributed by atoms with Crippen LogP contribution in [0.25, 0.3) is 0 Å². The van der Waals surface area contributed by atoms with Gasteiger partial charge in [-0.1, -0.05) is 111 Å². The molecule has 0 aromatic carbocycles. The lowest BCUT2D eigenvalue weighted by molar-refractivity contribution is -0.284. The molecule has 4 aliphatic heterocycles. The maximum absolute atomic E-state index is 15.0. The summed E-state index contributed by atoms with van der Waals surface area (Å²) in [5.74, 6) is -21.3. The van der Waals surface area contributed by atoms with Crippen LogP contribution in [0.3, 0.4) is 0 Å². The number of aromatic nitrogens is 2. The van der Waals surface area contributed by atoms with Gasteiger partial charge in [-0.25, -0.2) is 9.59 Å². The fourth-order valence-corrected chi connectivity index (χ4v) is 18.8. The van der Waals surface area contributed by atoms with Crippen LogP contribution in [0.15, 0.2) is 49.1 Å². The highest BCUT2D eigenvalue weighted by Crippen LogP contribution is 2.68. The van der Waals surface area contributed by atoms with Crippen molar-refractivity contribution in [2.24, 2.45) is 70.0 Å². The number of hydrogen-bond donors (Lipinski definition) is 2. The Bertz CT molecular complexity index is 3770. The van der Waals surface area contributed by atoms with E-state index in [0.717, 1.165) is 41.5 Å². The lowest BCUT2D eigenvalue weighted by Crippen LogP contribution is -2.74. The molecule has 6 bridgehead atoms. The molecule has 2 N–H and O–H groups in total. The third-order valence-electron chi connectivity index (χ3n) is 23.5. The molecular formula is C80H106N2O30. The second-order valence-corrected chi connectivity index (χ2v) is 33.9. The third kappa shape index (κ3) is 15.3. The van der Waals surface area contributed by atoms with Gasteiger partial charge in [0.15, 0.2) is 48.2 Å². The van der Waals surface area contributed by atoms with Crippen LogP contribution >= 0.6 is 0 Å². The summed E-state index contributed by atoms with van der Waals surface area (Å²) in [5.41, 5.74) is -16.8. The fourth-order valence-electron chi connectivity index (χ4n) is 18.8. The number of ketones is 2. The Hall–Kier alpha value is -8.88. The Morgan fingerprint density at radius 3 is 0.964 bits per heavy atom. The molecule has 32 nitrogen and oxygen atoms in total. The van der Waals surface area contributed by atoms with Gasteiger partial charge < -0.3 is 76.5 Å². The highest BCUT2D eigenvalue weighted by atomic mass is 16.7. The Balaban J connectivity index is 0.000000257. The van der Waals surface area contributed by atoms with Crippen LogP contribution in [-0.4, -0.2) is 210 Å². The number of ether oxygens (including phenoxy) is 14. The van der Waals surface area contributed by atoms with Gasteiger partial charge in [0.2, 0.25) is 0 Å². The molecule has 4 saturated carbocycles. The average molecular weight is 1580 g/mol. The smallest absolute Gasteiger partial charge is 0.340 e. The summed E-state index contributed by atoms with van der Waals surface area (Å²) >= 11 is 0. The highest BCUT2D eigenvalue weighted by molar-refractivity contribution is 5.96. The van der Waals surface area contributed by atoms with Gasteiger partial charge in [0.25, 0.3) is 0 Å². The van der Waals surface area contributed by atoms with Gasteiger partial charge in [-0.2, -0.15) is 0 Å². The Labute approximate surface area is 649 Å². The minimum absolute atomic E-state index is 0.0292. The van der Waals surface area contributed by atoms with Crippen molar-refractivity contribution < 1.29 is 144 Å². The number of carbonyl (C=O) groups excluding carboxylic acids is 14. The van der Waals surface area contributed by atoms with E-state index >= 15 is 0 Å². The molecular weight excluding hydrogens is 1470 g/mol. The predicted molar refractivity (Wildman–Crippen MR) is 382 cm³/mol. The highest BCUT2D eigenvalue weighted by Gasteiger charge is 2.85. The van der Waals surface area contributed by atoms with Crippen LogP contribution in [0, 0.1) is 70.0 Å². The normalized spacial score (nSPS) is 37.0. The maximum Gasteiger partial charge on any atom is 0.340 e. The standard InChI is InChI=1S/2C40H53NO15/c2*1-18(2)33(46)53-28-31(54-35(48)25-13-12-14-41-16-25)37(10,11)36(52-24(9)44)40-17-38(49,32(28)55-34(47)19(3)4)30(51-23(8)43)26-27(50-22(7)42)20(5)15-39(26,56-40)29(45)21(40)6/h2*12-14,16,18-21,26-28,30-32,36,49H,15,17H2,1-11H3/t2*20-,21-,26+,27-,28-,30+,31+,32+,36-,38-,39+,40-/m00/s1. The molecule has 8 fully saturated rings. The summed E-state index contributed by atoms with van der Waals surface area (Å²) in [6, 6.07) is 5.82. The zero-order chi connectivity index (χ0) is 83.7. The summed E-state index contributed by atoms with van der Waals surface area (Å²) in [5, 5.41) is 27.5. The molecule has 2 aromatic rings. The molecule has 4 spiro atoms. The van der Waals surface area contributed by atoms with Crippen molar-refractivity contribution in [1.82, 2.24) is 9.97 Å². The van der Waals surface area contributed by atoms with Crippen molar-refractivity contribution in [3.63, 3.8) is 0 Å². The van der Waals surface area contributed by atoms with E-state index in [1.54, 1.807) is 55.4 Å². The molecule has 6 heterocycles. The largest absolute Gasteiger partial charge is 0.462 e. The van der Waals surface area contributed by atoms with Gasteiger partial charge in [-0.15, -0.1) is 0 Å². The summed E-state index contributed by atoms with van der Waals surface area (Å²) < 4.78 is 87.5. The zero-order valence-corrected chi connectivity index (χ0v) is 67.4. The summed E-state index contributed by atoms with van der Waals surface area (Å²) in [6.45, 7) is 31.7. The summed E-state index contributed by atoms with van der Waals surface area (Å²) in [4.78, 5) is 200. The van der Waals surface area contributed by atoms with Crippen LogP contribution in [0.1, 0.15) is 199 Å². The van der Waals surface area contributed by atoms with Gasteiger partial charge in [-0.05, 0) is 48.9 Å². The number of aliphatic hydroxyl groups is 2. The van der Waals surface area contributed by atoms with E-state index in [1.165, 1.54) is 104 Å². The van der Waals surface area contributed by atoms with E-state index in [-0.39, 0.29) is 24.0 Å². The van der Waals surface area contributed by atoms with E-state index < -0.39 is 273 Å². The number of hydrogen-bond acceptors (Lipinski definition) is 32. The molecule has 24 atom stereocenters. The van der Waals surface area contributed by atoms with Gasteiger partial charge in [0.05, 0.1) is 58.5 Å². The van der Waals surface area contributed by atoms with Crippen molar-refractivity contribution in [2.45, 2.75) is 285 Å². The Morgan fingerprint density at radius 1 is 0.402 bits per heavy atom. The second-order valence-electron chi connectivity index (χ2n) is 33.9. The van der Waals surface area contributed by atoms with Crippen LogP contribution in [0.5, 0.6) is 0 Å². The van der Waals surface area contributed by atoms with Crippen molar-refractivity contribution in [1.29, 1.82) is 0 Å². The fraction of sp³-hybridized carbons (Fsp3) is 0.700. The molecule has 4 saturated heterocycles. The SMILES string of the molecule is CC(=O)O[C@@H]1[C@@H]2[C@@H](OC(C)=O)[C@@]3(O)C[C@@]4(O[C@@]2(C[C@@H]1C)C(=O)[C@@H]4C)[C@@H](OC(C)=O)C(C)(C)[C@H](OC(=O)c1cccnc1)[C@H](OC(=O)C(C)C)[C@H]3OC(=O)C(C)C.CC(=O)O[C@@H]1[C@@H]2[C@@H](OC(C)=O)[C@@]3(O)C[C@@]4(O[C@@]2(C[C@@H]1C)C(=O)[C@@H]4C)[C@@H](OC(C)=O)C(C)(C)[C@H](OC(=O)c1cccnc1)[C@H](OC(=O)C(C)C)[C@H]3OC(=O)C(C)C. The monoisotopic (exact) mass is 1570 g/mol. The van der Waals surface area contributed by atoms with E-state index in [9.17, 15) is 77.3 Å². The first-order valence-corrected chi connectivity index (χ1v) is 37.9. The first-order valence-electron chi connectivity index (χ1n) is 37.9. The quantitative estimate of drug-likeness (QED) is 0.124. The van der Waals surface area contributed by atoms with Crippen LogP contribution in [0.4, 0.5) is 0 Å². The number of carbonyl (C=O) groups is 14. The van der Waals surface area contributed by atoms with Gasteiger partial charge >= 0.3 is 71.6 Å². The minimum atomic E-state index is -2.70. The third-order valence-corrected chi connectivity index (χ3v) is 23.5. The van der Waals surface area contributed by atoms with Crippen molar-refractivity contribution in [3.8, 4) is 0 Å². The molecule has 32 heteroatoms. The average Bonchev–Trinajstić information content (AvgIpc) is 1.50. The van der Waals surface area contributed by atoms with E-state index in [2.05, 4.69) is 9.97 Å². The van der Waals surface area contributed by atoms with E-state index in [4.69, 9.17) is 66.3 Å². The second kappa shape index (κ2) is 31.8. The molecule has 8 aliphatic rings. The van der Waals surface area contributed by atoms with Crippen molar-refractivity contribution >= 4 is 83.2 Å². The number of rotatable bonds is 18. The van der Waals surface area contributed by atoms with Crippen molar-refractivity contribution in [3.05, 3.63) is 60.2 Å². The summed E-state index contributed by atoms with van der Waals surface area (Å²) in [6.07, 6.45) is -16.9. The lowest BCUT2D eigenvalue weighted by Gasteiger charge is -2.57. The Morgan fingerprint density at radius 2 is 0.696 bits per heavy atom. The zero-order valence-electron chi connectivity index (χ0n) is 67.4. The van der Waals surface area contributed by atoms with E-state index in [1.807, 2.05) is 0 Å². The topological polar surface area (TPSA) is 434 Å². The Kier molecular flexibility index (Phi) is 24.8. The molecule has 0 radical (unpaired) electrons. The van der Waals surface area contributed by atoms with Crippen LogP contribution < -0.4 is 0 Å². The molecule has 10 rings (SSSR count). The molecule has 0 amide bonds. The molecule has 4 aliphatic carbocycles. The van der Waals surface area contributed by atoms with Crippen molar-refractivity contribution in [2.75, 3.05) is 0 Å². The number of nitrogens with zero attached hydrogens (tertiary/aromatic N) is 2. The maximum atomic E-state index is 15.0. The lowest BCUT2D eigenvalue weighted by atomic mass is 9.56. The molecule has 2 aromatic heterocycles. The first-order chi connectivity index (χ1) is 51.9. The predicted octanol–water partition coefficient (Wildman–Crippen LogP) is 6.16. The number of fused-ring (bicyclic) bond motifs is 2. The first kappa shape index (κ1) is 87.1. The number of pyridine rings is 2. The molecule has 112 heavy (non-hydrogen) atoms.